The van der Waals surface area contributed by atoms with E-state index in [0.717, 1.165) is 0 Å². The summed E-state index contributed by atoms with van der Waals surface area (Å²) in [6, 6.07) is 20.9. The molecule has 0 unspecified atom stereocenters. The monoisotopic (exact) mass is 401 g/mol. The van der Waals surface area contributed by atoms with Gasteiger partial charge in [-0.2, -0.15) is 0 Å². The number of carbonyl (C=O) groups is 1. The summed E-state index contributed by atoms with van der Waals surface area (Å²) in [4.78, 5) is 12.3. The van der Waals surface area contributed by atoms with Crippen molar-refractivity contribution in [2.24, 2.45) is 0 Å². The van der Waals surface area contributed by atoms with Gasteiger partial charge in [0.25, 0.3) is 10.0 Å². The topological polar surface area (TPSA) is 63.7 Å². The molecule has 0 atom stereocenters. The molecule has 0 heterocycles. The van der Waals surface area contributed by atoms with Gasteiger partial charge in [0.05, 0.1) is 21.2 Å². The maximum Gasteiger partial charge on any atom is 0.343 e. The lowest BCUT2D eigenvalue weighted by molar-refractivity contribution is 0.0734. The predicted molar refractivity (Wildman–Crippen MR) is 105 cm³/mol. The normalized spacial score (nSPS) is 11.0. The fourth-order valence-electron chi connectivity index (χ4n) is 2.38. The molecule has 0 amide bonds. The number of halogens is 1. The van der Waals surface area contributed by atoms with Crippen LogP contribution < -0.4 is 9.04 Å². The second-order valence-corrected chi connectivity index (χ2v) is 8.03. The van der Waals surface area contributed by atoms with Crippen molar-refractivity contribution in [1.82, 2.24) is 0 Å². The number of anilines is 1. The van der Waals surface area contributed by atoms with E-state index < -0.39 is 16.0 Å². The highest BCUT2D eigenvalue weighted by Crippen LogP contribution is 2.25. The minimum absolute atomic E-state index is 0.0724. The van der Waals surface area contributed by atoms with Crippen LogP contribution in [0.1, 0.15) is 10.4 Å². The van der Waals surface area contributed by atoms with Crippen LogP contribution in [0.5, 0.6) is 5.75 Å². The first-order chi connectivity index (χ1) is 12.9. The average Bonchev–Trinajstić information content (AvgIpc) is 2.70. The SMILES string of the molecule is CN(c1ccccc1)S(=O)(=O)c1ccc(C(=O)Oc2ccccc2Cl)cc1. The fraction of sp³-hybridized carbons (Fsp3) is 0.0500. The lowest BCUT2D eigenvalue weighted by Crippen LogP contribution is -2.26. The highest BCUT2D eigenvalue weighted by Gasteiger charge is 2.21. The number of ether oxygens (including phenoxy) is 1. The van der Waals surface area contributed by atoms with Crippen LogP contribution in [-0.4, -0.2) is 21.4 Å². The highest BCUT2D eigenvalue weighted by molar-refractivity contribution is 7.92. The van der Waals surface area contributed by atoms with Crippen LogP contribution in [0.3, 0.4) is 0 Å². The van der Waals surface area contributed by atoms with E-state index in [1.54, 1.807) is 48.5 Å². The maximum atomic E-state index is 12.7. The zero-order chi connectivity index (χ0) is 19.4. The second kappa shape index (κ2) is 7.82. The molecule has 7 heteroatoms. The van der Waals surface area contributed by atoms with Gasteiger partial charge < -0.3 is 4.74 Å². The molecule has 0 spiro atoms. The Morgan fingerprint density at radius 1 is 0.889 bits per heavy atom. The third kappa shape index (κ3) is 4.13. The van der Waals surface area contributed by atoms with Crippen molar-refractivity contribution in [3.63, 3.8) is 0 Å². The van der Waals surface area contributed by atoms with Gasteiger partial charge in [-0.05, 0) is 48.5 Å². The van der Waals surface area contributed by atoms with Crippen molar-refractivity contribution >= 4 is 33.3 Å². The van der Waals surface area contributed by atoms with Gasteiger partial charge in [0.15, 0.2) is 0 Å². The molecule has 3 aromatic carbocycles. The van der Waals surface area contributed by atoms with E-state index in [-0.39, 0.29) is 16.2 Å². The maximum absolute atomic E-state index is 12.7. The van der Waals surface area contributed by atoms with Crippen LogP contribution in [0.15, 0.2) is 83.8 Å². The Hall–Kier alpha value is -2.83. The van der Waals surface area contributed by atoms with Crippen LogP contribution in [0.2, 0.25) is 5.02 Å². The second-order valence-electron chi connectivity index (χ2n) is 5.65. The summed E-state index contributed by atoms with van der Waals surface area (Å²) in [5, 5.41) is 0.314. The van der Waals surface area contributed by atoms with E-state index in [1.807, 2.05) is 6.07 Å². The summed E-state index contributed by atoms with van der Waals surface area (Å²) < 4.78 is 31.9. The Balaban J connectivity index is 1.80. The van der Waals surface area contributed by atoms with Gasteiger partial charge in [-0.1, -0.05) is 41.9 Å². The largest absolute Gasteiger partial charge is 0.421 e. The lowest BCUT2D eigenvalue weighted by atomic mass is 10.2. The molecule has 3 rings (SSSR count). The molecule has 138 valence electrons. The van der Waals surface area contributed by atoms with E-state index >= 15 is 0 Å². The molecular formula is C20H16ClNO4S. The molecule has 3 aromatic rings. The van der Waals surface area contributed by atoms with E-state index in [4.69, 9.17) is 16.3 Å². The summed E-state index contributed by atoms with van der Waals surface area (Å²) in [6.07, 6.45) is 0. The molecule has 0 aliphatic carbocycles. The Bertz CT molecular complexity index is 1050. The number of para-hydroxylation sites is 2. The Labute approximate surface area is 162 Å². The van der Waals surface area contributed by atoms with Crippen molar-refractivity contribution in [1.29, 1.82) is 0 Å². The van der Waals surface area contributed by atoms with Gasteiger partial charge in [-0.3, -0.25) is 4.31 Å². The summed E-state index contributed by atoms with van der Waals surface area (Å²) >= 11 is 5.97. The first-order valence-corrected chi connectivity index (χ1v) is 9.82. The zero-order valence-electron chi connectivity index (χ0n) is 14.4. The van der Waals surface area contributed by atoms with Crippen molar-refractivity contribution < 1.29 is 17.9 Å². The molecule has 0 aliphatic heterocycles. The first-order valence-electron chi connectivity index (χ1n) is 8.00. The van der Waals surface area contributed by atoms with Gasteiger partial charge in [0.1, 0.15) is 5.75 Å². The molecular weight excluding hydrogens is 386 g/mol. The minimum Gasteiger partial charge on any atom is -0.421 e. The number of esters is 1. The standard InChI is InChI=1S/C20H16ClNO4S/c1-22(16-7-3-2-4-8-16)27(24,25)17-13-11-15(12-14-17)20(23)26-19-10-6-5-9-18(19)21/h2-14H,1H3. The number of rotatable bonds is 5. The zero-order valence-corrected chi connectivity index (χ0v) is 15.9. The van der Waals surface area contributed by atoms with Crippen LogP contribution in [0, 0.1) is 0 Å². The molecule has 0 N–H and O–H groups in total. The highest BCUT2D eigenvalue weighted by atomic mass is 35.5. The molecule has 0 bridgehead atoms. The third-order valence-electron chi connectivity index (χ3n) is 3.91. The van der Waals surface area contributed by atoms with Crippen LogP contribution in [0.4, 0.5) is 5.69 Å². The average molecular weight is 402 g/mol. The van der Waals surface area contributed by atoms with Gasteiger partial charge in [0.2, 0.25) is 0 Å². The van der Waals surface area contributed by atoms with E-state index in [1.165, 1.54) is 35.6 Å². The summed E-state index contributed by atoms with van der Waals surface area (Å²) in [5.74, 6) is -0.381. The minimum atomic E-state index is -3.74. The Morgan fingerprint density at radius 3 is 2.11 bits per heavy atom. The molecule has 0 aromatic heterocycles. The van der Waals surface area contributed by atoms with E-state index in [2.05, 4.69) is 0 Å². The molecule has 0 radical (unpaired) electrons. The lowest BCUT2D eigenvalue weighted by Gasteiger charge is -2.19. The van der Waals surface area contributed by atoms with Crippen LogP contribution in [-0.2, 0) is 10.0 Å². The smallest absolute Gasteiger partial charge is 0.343 e. The summed E-state index contributed by atoms with van der Waals surface area (Å²) in [5.41, 5.74) is 0.760. The van der Waals surface area contributed by atoms with Crippen molar-refractivity contribution in [3.8, 4) is 5.75 Å². The Morgan fingerprint density at radius 2 is 1.48 bits per heavy atom. The van der Waals surface area contributed by atoms with Gasteiger partial charge in [0, 0.05) is 7.05 Å². The third-order valence-corrected chi connectivity index (χ3v) is 6.02. The Kier molecular flexibility index (Phi) is 5.48. The molecule has 27 heavy (non-hydrogen) atoms. The number of nitrogens with zero attached hydrogens (tertiary/aromatic N) is 1. The molecule has 5 nitrogen and oxygen atoms in total. The van der Waals surface area contributed by atoms with E-state index in [0.29, 0.717) is 10.7 Å². The van der Waals surface area contributed by atoms with E-state index in [9.17, 15) is 13.2 Å². The summed E-state index contributed by atoms with van der Waals surface area (Å²) in [7, 11) is -2.26. The molecule has 0 aliphatic rings. The number of benzene rings is 3. The number of carbonyl (C=O) groups excluding carboxylic acids is 1. The number of hydrogen-bond acceptors (Lipinski definition) is 4. The van der Waals surface area contributed by atoms with Gasteiger partial charge in [-0.25, -0.2) is 13.2 Å². The van der Waals surface area contributed by atoms with Crippen LogP contribution >= 0.6 is 11.6 Å². The molecule has 0 saturated heterocycles. The van der Waals surface area contributed by atoms with Gasteiger partial charge >= 0.3 is 5.97 Å². The van der Waals surface area contributed by atoms with Gasteiger partial charge in [-0.15, -0.1) is 0 Å². The molecule has 0 fully saturated rings. The van der Waals surface area contributed by atoms with Crippen molar-refractivity contribution in [2.75, 3.05) is 11.4 Å². The number of sulfonamides is 1. The predicted octanol–water partition coefficient (Wildman–Crippen LogP) is 4.38. The van der Waals surface area contributed by atoms with Crippen molar-refractivity contribution in [2.45, 2.75) is 4.90 Å². The molecule has 0 saturated carbocycles. The number of hydrogen-bond donors (Lipinski definition) is 0. The van der Waals surface area contributed by atoms with Crippen molar-refractivity contribution in [3.05, 3.63) is 89.4 Å². The fourth-order valence-corrected chi connectivity index (χ4v) is 3.75. The first kappa shape index (κ1) is 18.9. The summed E-state index contributed by atoms with van der Waals surface area (Å²) in [6.45, 7) is 0. The van der Waals surface area contributed by atoms with Crippen LogP contribution in [0.25, 0.3) is 0 Å². The quantitative estimate of drug-likeness (QED) is 0.470.